The van der Waals surface area contributed by atoms with Crippen LogP contribution in [0.4, 0.5) is 4.39 Å². The van der Waals surface area contributed by atoms with E-state index in [0.717, 1.165) is 11.1 Å². The molecule has 0 bridgehead atoms. The Morgan fingerprint density at radius 2 is 1.93 bits per heavy atom. The van der Waals surface area contributed by atoms with Gasteiger partial charge in [-0.05, 0) is 41.8 Å². The van der Waals surface area contributed by atoms with Crippen molar-refractivity contribution in [3.05, 3.63) is 59.4 Å². The molecule has 1 atom stereocenters. The van der Waals surface area contributed by atoms with Crippen LogP contribution in [0.1, 0.15) is 17.5 Å². The van der Waals surface area contributed by atoms with Crippen LogP contribution in [0.2, 0.25) is 0 Å². The molecule has 1 N–H and O–H groups in total. The van der Waals surface area contributed by atoms with Crippen LogP contribution in [0.25, 0.3) is 0 Å². The van der Waals surface area contributed by atoms with Crippen molar-refractivity contribution in [1.82, 2.24) is 5.32 Å². The maximum atomic E-state index is 13.0. The molecule has 0 spiro atoms. The fraction of sp³-hybridized carbons (Fsp3) is 0.300. The summed E-state index contributed by atoms with van der Waals surface area (Å²) < 4.78 is 23.5. The largest absolute Gasteiger partial charge is 0.493 e. The van der Waals surface area contributed by atoms with Gasteiger partial charge in [0.2, 0.25) is 6.10 Å². The third-order valence-electron chi connectivity index (χ3n) is 4.30. The van der Waals surface area contributed by atoms with E-state index in [1.807, 2.05) is 18.2 Å². The molecule has 0 aromatic heterocycles. The van der Waals surface area contributed by atoms with Crippen molar-refractivity contribution < 1.29 is 23.5 Å². The number of carbonyl (C=O) groups excluding carboxylic acids is 1. The van der Waals surface area contributed by atoms with E-state index in [9.17, 15) is 9.18 Å². The van der Waals surface area contributed by atoms with Crippen LogP contribution in [0.3, 0.4) is 0 Å². The average molecular weight is 372 g/mol. The molecule has 0 aliphatic carbocycles. The smallest absolute Gasteiger partial charge is 0.264 e. The predicted molar refractivity (Wildman–Crippen MR) is 98.7 cm³/mol. The van der Waals surface area contributed by atoms with Crippen LogP contribution in [0.15, 0.2) is 47.6 Å². The topological polar surface area (TPSA) is 69.2 Å². The van der Waals surface area contributed by atoms with E-state index in [-0.39, 0.29) is 11.7 Å². The molecule has 27 heavy (non-hydrogen) atoms. The standard InChI is InChI=1S/C20H21FN2O4/c1-25-17-8-3-13(11-18(17)26-2)9-10-22-20(24)19-12-16(23-27-19)14-4-6-15(21)7-5-14/h3-8,11,19H,9-10,12H2,1-2H3,(H,22,24)/t19-/m1/s1. The number of amides is 1. The van der Waals surface area contributed by atoms with Crippen LogP contribution < -0.4 is 14.8 Å². The number of oxime groups is 1. The highest BCUT2D eigenvalue weighted by Gasteiger charge is 2.28. The number of nitrogens with zero attached hydrogens (tertiary/aromatic N) is 1. The van der Waals surface area contributed by atoms with Crippen molar-refractivity contribution in [2.45, 2.75) is 18.9 Å². The second-order valence-corrected chi connectivity index (χ2v) is 6.07. The van der Waals surface area contributed by atoms with E-state index in [4.69, 9.17) is 14.3 Å². The quantitative estimate of drug-likeness (QED) is 0.811. The van der Waals surface area contributed by atoms with Crippen LogP contribution in [-0.4, -0.2) is 38.5 Å². The molecule has 0 fully saturated rings. The Hall–Kier alpha value is -3.09. The fourth-order valence-electron chi connectivity index (χ4n) is 2.81. The van der Waals surface area contributed by atoms with Crippen molar-refractivity contribution in [2.75, 3.05) is 20.8 Å². The molecule has 1 heterocycles. The lowest BCUT2D eigenvalue weighted by Gasteiger charge is -2.11. The summed E-state index contributed by atoms with van der Waals surface area (Å²) in [7, 11) is 3.17. The Morgan fingerprint density at radius 3 is 2.63 bits per heavy atom. The van der Waals surface area contributed by atoms with Crippen molar-refractivity contribution >= 4 is 11.6 Å². The molecule has 1 aliphatic rings. The molecule has 2 aromatic carbocycles. The van der Waals surface area contributed by atoms with Gasteiger partial charge < -0.3 is 19.6 Å². The first-order valence-electron chi connectivity index (χ1n) is 8.58. The van der Waals surface area contributed by atoms with Gasteiger partial charge >= 0.3 is 0 Å². The second kappa shape index (κ2) is 8.53. The molecule has 1 amide bonds. The fourth-order valence-corrected chi connectivity index (χ4v) is 2.81. The molecule has 2 aromatic rings. The van der Waals surface area contributed by atoms with Crippen LogP contribution >= 0.6 is 0 Å². The van der Waals surface area contributed by atoms with E-state index < -0.39 is 6.10 Å². The monoisotopic (exact) mass is 372 g/mol. The minimum absolute atomic E-state index is 0.226. The Morgan fingerprint density at radius 1 is 1.19 bits per heavy atom. The summed E-state index contributed by atoms with van der Waals surface area (Å²) in [6, 6.07) is 11.6. The highest BCUT2D eigenvalue weighted by atomic mass is 19.1. The Bertz CT molecular complexity index is 836. The van der Waals surface area contributed by atoms with Gasteiger partial charge in [0.15, 0.2) is 11.5 Å². The molecule has 0 radical (unpaired) electrons. The molecule has 0 saturated heterocycles. The predicted octanol–water partition coefficient (Wildman–Crippen LogP) is 2.69. The number of nitrogens with one attached hydrogen (secondary N) is 1. The van der Waals surface area contributed by atoms with E-state index in [0.29, 0.717) is 36.6 Å². The van der Waals surface area contributed by atoms with Gasteiger partial charge in [0, 0.05) is 13.0 Å². The summed E-state index contributed by atoms with van der Waals surface area (Å²) >= 11 is 0. The number of rotatable bonds is 7. The maximum absolute atomic E-state index is 13.0. The third kappa shape index (κ3) is 4.55. The lowest BCUT2D eigenvalue weighted by Crippen LogP contribution is -2.36. The van der Waals surface area contributed by atoms with Gasteiger partial charge in [0.25, 0.3) is 5.91 Å². The first kappa shape index (κ1) is 18.7. The van der Waals surface area contributed by atoms with Gasteiger partial charge in [0.1, 0.15) is 5.82 Å². The van der Waals surface area contributed by atoms with Gasteiger partial charge in [-0.25, -0.2) is 4.39 Å². The minimum atomic E-state index is -0.671. The Kier molecular flexibility index (Phi) is 5.90. The summed E-state index contributed by atoms with van der Waals surface area (Å²) in [5, 5.41) is 6.80. The van der Waals surface area contributed by atoms with E-state index in [2.05, 4.69) is 10.5 Å². The normalized spacial score (nSPS) is 15.7. The van der Waals surface area contributed by atoms with Gasteiger partial charge in [-0.3, -0.25) is 4.79 Å². The number of benzene rings is 2. The van der Waals surface area contributed by atoms with Crippen LogP contribution in [-0.2, 0) is 16.1 Å². The van der Waals surface area contributed by atoms with Crippen LogP contribution in [0.5, 0.6) is 11.5 Å². The summed E-state index contributed by atoms with van der Waals surface area (Å²) in [6.07, 6.45) is 0.327. The molecule has 1 aliphatic heterocycles. The molecular formula is C20H21FN2O4. The molecular weight excluding hydrogens is 351 g/mol. The number of methoxy groups -OCH3 is 2. The lowest BCUT2D eigenvalue weighted by atomic mass is 10.0. The number of halogens is 1. The zero-order valence-electron chi connectivity index (χ0n) is 15.2. The average Bonchev–Trinajstić information content (AvgIpc) is 3.18. The van der Waals surface area contributed by atoms with Crippen molar-refractivity contribution in [2.24, 2.45) is 5.16 Å². The molecule has 0 unspecified atom stereocenters. The number of hydrogen-bond acceptors (Lipinski definition) is 5. The molecule has 142 valence electrons. The summed E-state index contributed by atoms with van der Waals surface area (Å²) in [5.74, 6) is 0.770. The number of ether oxygens (including phenoxy) is 2. The second-order valence-electron chi connectivity index (χ2n) is 6.07. The van der Waals surface area contributed by atoms with Crippen molar-refractivity contribution in [1.29, 1.82) is 0 Å². The minimum Gasteiger partial charge on any atom is -0.493 e. The lowest BCUT2D eigenvalue weighted by molar-refractivity contribution is -0.131. The van der Waals surface area contributed by atoms with E-state index in [1.165, 1.54) is 12.1 Å². The summed E-state index contributed by atoms with van der Waals surface area (Å²) in [4.78, 5) is 17.5. The Balaban J connectivity index is 1.48. The van der Waals surface area contributed by atoms with Gasteiger partial charge in [-0.2, -0.15) is 0 Å². The highest BCUT2D eigenvalue weighted by molar-refractivity contribution is 6.04. The zero-order chi connectivity index (χ0) is 19.2. The number of carbonyl (C=O) groups is 1. The summed E-state index contributed by atoms with van der Waals surface area (Å²) in [6.45, 7) is 0.458. The highest BCUT2D eigenvalue weighted by Crippen LogP contribution is 2.27. The van der Waals surface area contributed by atoms with Crippen molar-refractivity contribution in [3.8, 4) is 11.5 Å². The van der Waals surface area contributed by atoms with Crippen LogP contribution in [0, 0.1) is 5.82 Å². The maximum Gasteiger partial charge on any atom is 0.264 e. The Labute approximate surface area is 156 Å². The molecule has 7 heteroatoms. The molecule has 6 nitrogen and oxygen atoms in total. The van der Waals surface area contributed by atoms with E-state index >= 15 is 0 Å². The van der Waals surface area contributed by atoms with Gasteiger partial charge in [-0.15, -0.1) is 0 Å². The molecule has 0 saturated carbocycles. The number of hydrogen-bond donors (Lipinski definition) is 1. The first-order chi connectivity index (χ1) is 13.1. The first-order valence-corrected chi connectivity index (χ1v) is 8.58. The molecule has 3 rings (SSSR count). The van der Waals surface area contributed by atoms with Crippen molar-refractivity contribution in [3.63, 3.8) is 0 Å². The zero-order valence-corrected chi connectivity index (χ0v) is 15.2. The third-order valence-corrected chi connectivity index (χ3v) is 4.30. The van der Waals surface area contributed by atoms with Gasteiger partial charge in [0.05, 0.1) is 19.9 Å². The summed E-state index contributed by atoms with van der Waals surface area (Å²) in [5.41, 5.74) is 2.40. The SMILES string of the molecule is COc1ccc(CCNC(=O)[C@H]2CC(c3ccc(F)cc3)=NO2)cc1OC. The van der Waals surface area contributed by atoms with E-state index in [1.54, 1.807) is 26.4 Å². The van der Waals surface area contributed by atoms with Gasteiger partial charge in [-0.1, -0.05) is 23.4 Å².